The second kappa shape index (κ2) is 15.9. The van der Waals surface area contributed by atoms with Gasteiger partial charge in [0.1, 0.15) is 30.5 Å². The molecule has 214 valence electrons. The first-order valence-electron chi connectivity index (χ1n) is 11.9. The average molecular weight is 544 g/mol. The molecule has 0 aliphatic rings. The molecule has 0 spiro atoms. The highest BCUT2D eigenvalue weighted by molar-refractivity contribution is 5.97. The molecule has 0 aliphatic carbocycles. The Morgan fingerprint density at radius 1 is 0.632 bits per heavy atom. The van der Waals surface area contributed by atoms with Gasteiger partial charge in [-0.2, -0.15) is 0 Å². The minimum absolute atomic E-state index is 0.240. The molecular formula is C23H37N5O10. The third kappa shape index (κ3) is 12.3. The fourth-order valence-electron chi connectivity index (χ4n) is 3.19. The van der Waals surface area contributed by atoms with Crippen molar-refractivity contribution in [3.05, 3.63) is 0 Å². The fraction of sp³-hybridized carbons (Fsp3) is 0.652. The van der Waals surface area contributed by atoms with Crippen molar-refractivity contribution in [1.29, 1.82) is 0 Å². The lowest BCUT2D eigenvalue weighted by molar-refractivity contribution is -0.142. The Labute approximate surface area is 219 Å². The number of nitrogens with one attached hydrogen (secondary N) is 5. The van der Waals surface area contributed by atoms with Gasteiger partial charge in [0, 0.05) is 6.92 Å². The Hall–Kier alpha value is -4.04. The minimum Gasteiger partial charge on any atom is -0.481 e. The third-order valence-electron chi connectivity index (χ3n) is 5.21. The van der Waals surface area contributed by atoms with E-state index in [0.717, 1.165) is 0 Å². The summed E-state index contributed by atoms with van der Waals surface area (Å²) in [5, 5.41) is 29.6. The molecule has 0 aromatic rings. The van der Waals surface area contributed by atoms with E-state index < -0.39 is 90.4 Å². The van der Waals surface area contributed by atoms with E-state index in [1.54, 1.807) is 27.7 Å². The summed E-state index contributed by atoms with van der Waals surface area (Å²) >= 11 is 0. The van der Waals surface area contributed by atoms with Crippen molar-refractivity contribution in [2.24, 2.45) is 11.8 Å². The summed E-state index contributed by atoms with van der Waals surface area (Å²) in [7, 11) is 0. The third-order valence-corrected chi connectivity index (χ3v) is 5.21. The summed E-state index contributed by atoms with van der Waals surface area (Å²) in [5.74, 6) is -7.62. The first-order valence-corrected chi connectivity index (χ1v) is 11.9. The maximum absolute atomic E-state index is 12.9. The van der Waals surface area contributed by atoms with Crippen LogP contribution < -0.4 is 26.6 Å². The topological polar surface area (TPSA) is 237 Å². The van der Waals surface area contributed by atoms with Crippen LogP contribution in [0, 0.1) is 11.8 Å². The number of aliphatic carboxylic acids is 2. The summed E-state index contributed by atoms with van der Waals surface area (Å²) < 4.78 is 0. The second-order valence-electron chi connectivity index (χ2n) is 9.39. The van der Waals surface area contributed by atoms with Gasteiger partial charge in [0.2, 0.25) is 29.5 Å². The highest BCUT2D eigenvalue weighted by atomic mass is 16.4. The van der Waals surface area contributed by atoms with E-state index in [4.69, 9.17) is 5.11 Å². The van der Waals surface area contributed by atoms with E-state index in [9.17, 15) is 43.5 Å². The van der Waals surface area contributed by atoms with Crippen molar-refractivity contribution in [3.8, 4) is 0 Å². The Morgan fingerprint density at radius 3 is 1.53 bits per heavy atom. The van der Waals surface area contributed by atoms with Crippen molar-refractivity contribution in [3.63, 3.8) is 0 Å². The Morgan fingerprint density at radius 2 is 1.11 bits per heavy atom. The van der Waals surface area contributed by atoms with Crippen molar-refractivity contribution in [1.82, 2.24) is 26.6 Å². The first-order chi connectivity index (χ1) is 17.5. The summed E-state index contributed by atoms with van der Waals surface area (Å²) in [5.41, 5.74) is 0. The van der Waals surface area contributed by atoms with Gasteiger partial charge in [0.15, 0.2) is 0 Å². The standard InChI is InChI=1S/C23H37N5O10/c1-10(2)18(25-13(6)30)23(38)27-15(8-17(33)34)21(36)28-19(11(3)4)22(37)24-12(5)20(35)26-14(9-29)7-16(31)32/h9-12,14-15,18-19H,7-8H2,1-6H3,(H,24,37)(H,25,30)(H,26,35)(H,27,38)(H,28,36)(H,31,32)(H,33,34)/t12?,14-,15?,18?,19?/m0/s1. The molecule has 0 radical (unpaired) electrons. The lowest BCUT2D eigenvalue weighted by Crippen LogP contribution is -2.60. The van der Waals surface area contributed by atoms with Gasteiger partial charge in [-0.25, -0.2) is 0 Å². The van der Waals surface area contributed by atoms with E-state index in [2.05, 4.69) is 26.6 Å². The molecular weight excluding hydrogens is 506 g/mol. The molecule has 7 N–H and O–H groups in total. The maximum Gasteiger partial charge on any atom is 0.305 e. The SMILES string of the molecule is CC(=O)NC(C(=O)NC(CC(=O)O)C(=O)NC(C(=O)NC(C)C(=O)N[C@H](C=O)CC(=O)O)C(C)C)C(C)C. The van der Waals surface area contributed by atoms with Gasteiger partial charge in [-0.15, -0.1) is 0 Å². The molecule has 0 aliphatic heterocycles. The van der Waals surface area contributed by atoms with Crippen LogP contribution >= 0.6 is 0 Å². The number of amides is 5. The van der Waals surface area contributed by atoms with Gasteiger partial charge in [-0.05, 0) is 18.8 Å². The molecule has 0 heterocycles. The number of carboxylic acids is 2. The molecule has 0 saturated heterocycles. The predicted molar refractivity (Wildman–Crippen MR) is 131 cm³/mol. The van der Waals surface area contributed by atoms with E-state index in [-0.39, 0.29) is 12.2 Å². The zero-order chi connectivity index (χ0) is 29.7. The Bertz CT molecular complexity index is 920. The molecule has 15 nitrogen and oxygen atoms in total. The Kier molecular flexibility index (Phi) is 14.2. The number of hydrogen-bond acceptors (Lipinski definition) is 8. The van der Waals surface area contributed by atoms with Gasteiger partial charge in [-0.3, -0.25) is 33.6 Å². The van der Waals surface area contributed by atoms with Crippen molar-refractivity contribution in [2.75, 3.05) is 0 Å². The van der Waals surface area contributed by atoms with Gasteiger partial charge >= 0.3 is 11.9 Å². The smallest absolute Gasteiger partial charge is 0.305 e. The average Bonchev–Trinajstić information content (AvgIpc) is 2.78. The zero-order valence-electron chi connectivity index (χ0n) is 22.2. The highest BCUT2D eigenvalue weighted by Crippen LogP contribution is 2.07. The van der Waals surface area contributed by atoms with Crippen LogP contribution in [0.5, 0.6) is 0 Å². The number of carbonyl (C=O) groups is 8. The number of aldehydes is 1. The van der Waals surface area contributed by atoms with E-state index in [0.29, 0.717) is 0 Å². The molecule has 0 fully saturated rings. The van der Waals surface area contributed by atoms with E-state index >= 15 is 0 Å². The highest BCUT2D eigenvalue weighted by Gasteiger charge is 2.33. The molecule has 0 bridgehead atoms. The quantitative estimate of drug-likeness (QED) is 0.105. The lowest BCUT2D eigenvalue weighted by atomic mass is 10.0. The predicted octanol–water partition coefficient (Wildman–Crippen LogP) is -2.09. The van der Waals surface area contributed by atoms with Crippen molar-refractivity contribution < 1.29 is 48.6 Å². The molecule has 5 amide bonds. The summed E-state index contributed by atoms with van der Waals surface area (Å²) in [6, 6.07) is -6.43. The van der Waals surface area contributed by atoms with Gasteiger partial charge in [0.05, 0.1) is 18.9 Å². The molecule has 4 unspecified atom stereocenters. The van der Waals surface area contributed by atoms with Crippen molar-refractivity contribution >= 4 is 47.8 Å². The molecule has 0 saturated carbocycles. The maximum atomic E-state index is 12.9. The first kappa shape index (κ1) is 34.0. The van der Waals surface area contributed by atoms with Crippen LogP contribution in [0.1, 0.15) is 54.4 Å². The summed E-state index contributed by atoms with van der Waals surface area (Å²) in [6.07, 6.45) is -1.23. The van der Waals surface area contributed by atoms with Crippen molar-refractivity contribution in [2.45, 2.75) is 84.6 Å². The van der Waals surface area contributed by atoms with Crippen LogP contribution in [-0.4, -0.2) is 88.2 Å². The monoisotopic (exact) mass is 543 g/mol. The molecule has 5 atom stereocenters. The van der Waals surface area contributed by atoms with Gasteiger partial charge in [-0.1, -0.05) is 27.7 Å². The van der Waals surface area contributed by atoms with Crippen LogP contribution in [0.3, 0.4) is 0 Å². The largest absolute Gasteiger partial charge is 0.481 e. The molecule has 15 heteroatoms. The lowest BCUT2D eigenvalue weighted by Gasteiger charge is -2.27. The fourth-order valence-corrected chi connectivity index (χ4v) is 3.19. The van der Waals surface area contributed by atoms with Crippen LogP contribution in [0.4, 0.5) is 0 Å². The number of rotatable bonds is 16. The summed E-state index contributed by atoms with van der Waals surface area (Å²) in [6.45, 7) is 8.89. The number of hydrogen-bond donors (Lipinski definition) is 7. The normalized spacial score (nSPS) is 14.7. The molecule has 0 rings (SSSR count). The molecule has 0 aromatic carbocycles. The van der Waals surface area contributed by atoms with Gasteiger partial charge in [0.25, 0.3) is 0 Å². The zero-order valence-corrected chi connectivity index (χ0v) is 22.2. The van der Waals surface area contributed by atoms with E-state index in [1.165, 1.54) is 13.8 Å². The molecule has 0 aromatic heterocycles. The van der Waals surface area contributed by atoms with Crippen LogP contribution in [0.15, 0.2) is 0 Å². The minimum atomic E-state index is -1.59. The summed E-state index contributed by atoms with van der Waals surface area (Å²) in [4.78, 5) is 95.3. The number of carboxylic acid groups (broad SMARTS) is 2. The number of carbonyl (C=O) groups excluding carboxylic acids is 6. The van der Waals surface area contributed by atoms with E-state index in [1.807, 2.05) is 0 Å². The van der Waals surface area contributed by atoms with Crippen LogP contribution in [-0.2, 0) is 38.4 Å². The Balaban J connectivity index is 5.55. The molecule has 38 heavy (non-hydrogen) atoms. The second-order valence-corrected chi connectivity index (χ2v) is 9.39. The van der Waals surface area contributed by atoms with Crippen LogP contribution in [0.25, 0.3) is 0 Å². The van der Waals surface area contributed by atoms with Gasteiger partial charge < -0.3 is 41.6 Å². The van der Waals surface area contributed by atoms with Crippen LogP contribution in [0.2, 0.25) is 0 Å².